The molecule has 0 aliphatic heterocycles. The Kier molecular flexibility index (Phi) is 4.46. The van der Waals surface area contributed by atoms with Gasteiger partial charge in [-0.2, -0.15) is 0 Å². The highest BCUT2D eigenvalue weighted by molar-refractivity contribution is 7.09. The number of amides is 1. The van der Waals surface area contributed by atoms with Crippen LogP contribution in [0.25, 0.3) is 0 Å². The standard InChI is InChI=1S/C13H16N4OS/c1-9-8-19-11(17-9)5-3-7-16-13(18)10-4-2-6-15-12(10)14/h2,4,6,8H,3,5,7H2,1H3,(H2,14,15)(H,16,18). The number of carbonyl (C=O) groups is 1. The van der Waals surface area contributed by atoms with Gasteiger partial charge in [0.15, 0.2) is 0 Å². The normalized spacial score (nSPS) is 10.4. The maximum atomic E-state index is 11.8. The molecule has 2 heterocycles. The Morgan fingerprint density at radius 2 is 2.37 bits per heavy atom. The smallest absolute Gasteiger partial charge is 0.255 e. The van der Waals surface area contributed by atoms with Crippen molar-refractivity contribution in [1.82, 2.24) is 15.3 Å². The summed E-state index contributed by atoms with van der Waals surface area (Å²) in [4.78, 5) is 20.1. The molecule has 2 rings (SSSR count). The number of nitrogens with zero attached hydrogens (tertiary/aromatic N) is 2. The van der Waals surface area contributed by atoms with Crippen LogP contribution in [0.3, 0.4) is 0 Å². The maximum absolute atomic E-state index is 11.8. The fourth-order valence-electron chi connectivity index (χ4n) is 1.66. The molecule has 0 unspecified atom stereocenters. The van der Waals surface area contributed by atoms with Crippen LogP contribution in [0.5, 0.6) is 0 Å². The summed E-state index contributed by atoms with van der Waals surface area (Å²) in [6.07, 6.45) is 3.30. The van der Waals surface area contributed by atoms with Crippen molar-refractivity contribution in [1.29, 1.82) is 0 Å². The molecule has 0 aromatic carbocycles. The Balaban J connectivity index is 1.77. The lowest BCUT2D eigenvalue weighted by atomic mass is 10.2. The number of hydrogen-bond donors (Lipinski definition) is 2. The molecule has 0 atom stereocenters. The lowest BCUT2D eigenvalue weighted by Crippen LogP contribution is -2.25. The van der Waals surface area contributed by atoms with Gasteiger partial charge in [-0.1, -0.05) is 0 Å². The number of anilines is 1. The van der Waals surface area contributed by atoms with E-state index in [1.54, 1.807) is 29.7 Å². The molecule has 2 aromatic heterocycles. The van der Waals surface area contributed by atoms with Crippen molar-refractivity contribution < 1.29 is 4.79 Å². The highest BCUT2D eigenvalue weighted by Crippen LogP contribution is 2.10. The van der Waals surface area contributed by atoms with Crippen LogP contribution in [0.1, 0.15) is 27.5 Å². The number of nitrogens with one attached hydrogen (secondary N) is 1. The summed E-state index contributed by atoms with van der Waals surface area (Å²) in [5, 5.41) is 5.97. The zero-order chi connectivity index (χ0) is 13.7. The second-order valence-electron chi connectivity index (χ2n) is 4.18. The minimum atomic E-state index is -0.180. The highest BCUT2D eigenvalue weighted by atomic mass is 32.1. The molecule has 0 fully saturated rings. The third-order valence-electron chi connectivity index (χ3n) is 2.60. The third kappa shape index (κ3) is 3.75. The van der Waals surface area contributed by atoms with Crippen molar-refractivity contribution in [3.8, 4) is 0 Å². The van der Waals surface area contributed by atoms with Gasteiger partial charge in [0.05, 0.1) is 10.6 Å². The van der Waals surface area contributed by atoms with Gasteiger partial charge in [0.1, 0.15) is 5.82 Å². The van der Waals surface area contributed by atoms with Gasteiger partial charge in [0, 0.05) is 30.2 Å². The molecule has 100 valence electrons. The van der Waals surface area contributed by atoms with Crippen LogP contribution in [0, 0.1) is 6.92 Å². The first-order valence-electron chi connectivity index (χ1n) is 6.06. The van der Waals surface area contributed by atoms with Crippen molar-refractivity contribution in [2.24, 2.45) is 0 Å². The summed E-state index contributed by atoms with van der Waals surface area (Å²) in [7, 11) is 0. The minimum Gasteiger partial charge on any atom is -0.383 e. The first kappa shape index (κ1) is 13.5. The van der Waals surface area contributed by atoms with Crippen molar-refractivity contribution in [3.63, 3.8) is 0 Å². The largest absolute Gasteiger partial charge is 0.383 e. The molecule has 3 N–H and O–H groups in total. The Labute approximate surface area is 115 Å². The second kappa shape index (κ2) is 6.29. The van der Waals surface area contributed by atoms with Gasteiger partial charge >= 0.3 is 0 Å². The first-order valence-corrected chi connectivity index (χ1v) is 6.94. The number of pyridine rings is 1. The zero-order valence-electron chi connectivity index (χ0n) is 10.7. The van der Waals surface area contributed by atoms with Gasteiger partial charge in [-0.3, -0.25) is 4.79 Å². The number of hydrogen-bond acceptors (Lipinski definition) is 5. The van der Waals surface area contributed by atoms with Gasteiger partial charge in [-0.15, -0.1) is 11.3 Å². The molecular formula is C13H16N4OS. The van der Waals surface area contributed by atoms with E-state index in [2.05, 4.69) is 15.3 Å². The van der Waals surface area contributed by atoms with Crippen molar-refractivity contribution in [2.45, 2.75) is 19.8 Å². The quantitative estimate of drug-likeness (QED) is 0.816. The van der Waals surface area contributed by atoms with Gasteiger partial charge in [-0.05, 0) is 25.5 Å². The van der Waals surface area contributed by atoms with E-state index in [4.69, 9.17) is 5.73 Å². The average molecular weight is 276 g/mol. The van der Waals surface area contributed by atoms with E-state index >= 15 is 0 Å². The van der Waals surface area contributed by atoms with E-state index in [1.807, 2.05) is 12.3 Å². The van der Waals surface area contributed by atoms with E-state index in [-0.39, 0.29) is 11.7 Å². The molecular weight excluding hydrogens is 260 g/mol. The van der Waals surface area contributed by atoms with E-state index in [0.717, 1.165) is 23.5 Å². The predicted molar refractivity (Wildman–Crippen MR) is 76.2 cm³/mol. The molecule has 19 heavy (non-hydrogen) atoms. The molecule has 0 saturated heterocycles. The number of aromatic nitrogens is 2. The summed E-state index contributed by atoms with van der Waals surface area (Å²) >= 11 is 1.65. The number of aryl methyl sites for hydroxylation is 2. The Morgan fingerprint density at radius 1 is 1.53 bits per heavy atom. The summed E-state index contributed by atoms with van der Waals surface area (Å²) in [6.45, 7) is 2.58. The molecule has 0 saturated carbocycles. The molecule has 1 amide bonds. The first-order chi connectivity index (χ1) is 9.16. The van der Waals surface area contributed by atoms with Crippen LogP contribution >= 0.6 is 11.3 Å². The molecule has 0 radical (unpaired) electrons. The Bertz CT molecular complexity index is 567. The van der Waals surface area contributed by atoms with Crippen LogP contribution < -0.4 is 11.1 Å². The van der Waals surface area contributed by atoms with Gasteiger partial charge in [0.25, 0.3) is 5.91 Å². The van der Waals surface area contributed by atoms with Crippen LogP contribution in [0.15, 0.2) is 23.7 Å². The van der Waals surface area contributed by atoms with Crippen LogP contribution in [-0.2, 0) is 6.42 Å². The SMILES string of the molecule is Cc1csc(CCCNC(=O)c2cccnc2N)n1. The minimum absolute atomic E-state index is 0.180. The monoisotopic (exact) mass is 276 g/mol. The van der Waals surface area contributed by atoms with Crippen molar-refractivity contribution in [2.75, 3.05) is 12.3 Å². The topological polar surface area (TPSA) is 80.9 Å². The predicted octanol–water partition coefficient (Wildman–Crippen LogP) is 1.79. The fraction of sp³-hybridized carbons (Fsp3) is 0.308. The summed E-state index contributed by atoms with van der Waals surface area (Å²) in [6, 6.07) is 3.37. The average Bonchev–Trinajstić information content (AvgIpc) is 2.81. The lowest BCUT2D eigenvalue weighted by molar-refractivity contribution is 0.0954. The van der Waals surface area contributed by atoms with Crippen molar-refractivity contribution >= 4 is 23.1 Å². The number of nitrogens with two attached hydrogens (primary N) is 1. The number of nitrogen functional groups attached to an aromatic ring is 1. The fourth-order valence-corrected chi connectivity index (χ4v) is 2.48. The summed E-state index contributed by atoms with van der Waals surface area (Å²) in [5.41, 5.74) is 7.11. The van der Waals surface area contributed by atoms with Gasteiger partial charge in [-0.25, -0.2) is 9.97 Å². The Hall–Kier alpha value is -1.95. The molecule has 0 spiro atoms. The van der Waals surface area contributed by atoms with E-state index < -0.39 is 0 Å². The zero-order valence-corrected chi connectivity index (χ0v) is 11.5. The van der Waals surface area contributed by atoms with Crippen LogP contribution in [-0.4, -0.2) is 22.4 Å². The van der Waals surface area contributed by atoms with Crippen LogP contribution in [0.2, 0.25) is 0 Å². The van der Waals surface area contributed by atoms with Gasteiger partial charge in [0.2, 0.25) is 0 Å². The summed E-state index contributed by atoms with van der Waals surface area (Å²) < 4.78 is 0. The number of rotatable bonds is 5. The van der Waals surface area contributed by atoms with E-state index in [9.17, 15) is 4.79 Å². The number of carbonyl (C=O) groups excluding carboxylic acids is 1. The van der Waals surface area contributed by atoms with E-state index in [1.165, 1.54) is 0 Å². The second-order valence-corrected chi connectivity index (χ2v) is 5.12. The van der Waals surface area contributed by atoms with E-state index in [0.29, 0.717) is 12.1 Å². The third-order valence-corrected chi connectivity index (χ3v) is 3.63. The molecule has 0 aliphatic carbocycles. The summed E-state index contributed by atoms with van der Waals surface area (Å²) in [5.74, 6) is 0.0801. The van der Waals surface area contributed by atoms with Crippen LogP contribution in [0.4, 0.5) is 5.82 Å². The molecule has 5 nitrogen and oxygen atoms in total. The number of thiazole rings is 1. The molecule has 6 heteroatoms. The van der Waals surface area contributed by atoms with Crippen molar-refractivity contribution in [3.05, 3.63) is 40.0 Å². The molecule has 2 aromatic rings. The van der Waals surface area contributed by atoms with Gasteiger partial charge < -0.3 is 11.1 Å². The maximum Gasteiger partial charge on any atom is 0.255 e. The molecule has 0 bridgehead atoms. The highest BCUT2D eigenvalue weighted by Gasteiger charge is 2.08. The molecule has 0 aliphatic rings. The Morgan fingerprint density at radius 3 is 3.05 bits per heavy atom. The lowest BCUT2D eigenvalue weighted by Gasteiger charge is -2.05.